The topological polar surface area (TPSA) is 349 Å². The van der Waals surface area contributed by atoms with Crippen LogP contribution in [-0.4, -0.2) is 175 Å². The third kappa shape index (κ3) is 20.1. The minimum absolute atomic E-state index is 0.0110. The summed E-state index contributed by atoms with van der Waals surface area (Å²) in [5.74, 6) is -1.15. The molecular formula is C62H78F3N15O11S. The fourth-order valence-corrected chi connectivity index (χ4v) is 11.8. The highest BCUT2D eigenvalue weighted by Crippen LogP contribution is 2.52. The summed E-state index contributed by atoms with van der Waals surface area (Å²) in [5, 5.41) is 36.3. The van der Waals surface area contributed by atoms with Crippen molar-refractivity contribution in [2.24, 2.45) is 28.0 Å². The number of urea groups is 1. The van der Waals surface area contributed by atoms with E-state index in [9.17, 15) is 51.8 Å². The lowest BCUT2D eigenvalue weighted by Crippen LogP contribution is -2.49. The van der Waals surface area contributed by atoms with Crippen molar-refractivity contribution < 1.29 is 66.1 Å². The molecule has 4 atom stereocenters. The van der Waals surface area contributed by atoms with Gasteiger partial charge in [-0.1, -0.05) is 24.6 Å². The second-order valence-corrected chi connectivity index (χ2v) is 23.3. The minimum Gasteiger partial charge on any atom is -0.481 e. The molecule has 2 saturated heterocycles. The Kier molecular flexibility index (Phi) is 25.6. The molecule has 5 aromatic rings. The number of pyridine rings is 1. The Balaban J connectivity index is 0.698. The maximum atomic E-state index is 13.6. The molecule has 3 aromatic carbocycles. The number of fused-ring (bicyclic) bond motifs is 2. The number of carbonyl (C=O) groups is 7. The fraction of sp³-hybridized carbons (Fsp3) is 0.484. The van der Waals surface area contributed by atoms with Gasteiger partial charge in [-0.2, -0.15) is 24.9 Å². The number of rotatable bonds is 39. The fourth-order valence-electron chi connectivity index (χ4n) is 10.3. The summed E-state index contributed by atoms with van der Waals surface area (Å²) in [4.78, 5) is 104. The van der Waals surface area contributed by atoms with Gasteiger partial charge in [-0.15, -0.1) is 10.2 Å². The molecule has 30 heteroatoms. The molecule has 7 amide bonds. The van der Waals surface area contributed by atoms with Crippen molar-refractivity contribution >= 4 is 81.7 Å². The maximum absolute atomic E-state index is 13.6. The summed E-state index contributed by atoms with van der Waals surface area (Å²) in [7, 11) is 1.87. The number of amidine groups is 1. The zero-order valence-corrected chi connectivity index (χ0v) is 51.8. The van der Waals surface area contributed by atoms with Crippen LogP contribution in [0.5, 0.6) is 0 Å². The van der Waals surface area contributed by atoms with Crippen molar-refractivity contribution in [3.63, 3.8) is 0 Å². The van der Waals surface area contributed by atoms with Crippen molar-refractivity contribution in [1.82, 2.24) is 46.4 Å². The third-order valence-corrected chi connectivity index (χ3v) is 16.9. The van der Waals surface area contributed by atoms with E-state index in [1.807, 2.05) is 47.6 Å². The van der Waals surface area contributed by atoms with Gasteiger partial charge in [-0.05, 0) is 105 Å². The second-order valence-electron chi connectivity index (χ2n) is 22.1. The van der Waals surface area contributed by atoms with Crippen LogP contribution in [0.2, 0.25) is 0 Å². The van der Waals surface area contributed by atoms with E-state index in [1.54, 1.807) is 36.4 Å². The molecular weight excluding hydrogens is 1220 g/mol. The first-order chi connectivity index (χ1) is 44.4. The molecule has 0 aliphatic carbocycles. The number of halogens is 3. The van der Waals surface area contributed by atoms with E-state index < -0.39 is 53.9 Å². The zero-order valence-electron chi connectivity index (χ0n) is 51.0. The van der Waals surface area contributed by atoms with Crippen LogP contribution in [0.1, 0.15) is 102 Å². The van der Waals surface area contributed by atoms with E-state index in [2.05, 4.69) is 57.4 Å². The summed E-state index contributed by atoms with van der Waals surface area (Å²) >= 11 is 1.87. The number of benzene rings is 3. The van der Waals surface area contributed by atoms with Crippen molar-refractivity contribution in [2.75, 3.05) is 88.3 Å². The quantitative estimate of drug-likeness (QED) is 0.0102. The monoisotopic (exact) mass is 1300 g/mol. The molecule has 3 aliphatic rings. The van der Waals surface area contributed by atoms with E-state index in [-0.39, 0.29) is 74.4 Å². The van der Waals surface area contributed by atoms with Gasteiger partial charge in [-0.3, -0.25) is 38.7 Å². The molecule has 26 nitrogen and oxygen atoms in total. The normalized spacial score (nSPS) is 16.7. The number of ether oxygens (including phenoxy) is 3. The lowest BCUT2D eigenvalue weighted by atomic mass is 10.0. The van der Waals surface area contributed by atoms with Gasteiger partial charge >= 0.3 is 23.8 Å². The van der Waals surface area contributed by atoms with Gasteiger partial charge in [-0.25, -0.2) is 14.8 Å². The number of aliphatic carboxylic acids is 1. The SMILES string of the molecule is Cn1c(CNc2ccc(C(N)=NCCCCNC(=O)C[C@H](NC(=O)c3ccc(C4(C(F)(F)F)N=N4)cc3)C(=O)NCCCOCCOCCOCCCNC(=O)CCCC[C@@H]3SC[C@@H]4NC(=O)N[C@@H]43)cc2)nc2cc(C(=O)N(CCC(=O)O)c3ccccn3)ccc21. The van der Waals surface area contributed by atoms with Gasteiger partial charge in [0.05, 0.1) is 68.9 Å². The van der Waals surface area contributed by atoms with Crippen LogP contribution in [0.25, 0.3) is 11.0 Å². The second kappa shape index (κ2) is 34.1. The average molecular weight is 1300 g/mol. The number of hydrogen-bond acceptors (Lipinski definition) is 17. The standard InChI is InChI=1S/C62H78F3N15O11S/c1-79-48-22-17-42(59(87)80(29-23-54(83)84)50-11-4-5-24-67-50)36-45(48)73-51(79)38-72-44-20-15-40(16-21-44)56(66)70-26-7-6-25-69-53(82)37-46(74-57(85)41-13-18-43(19-14-41)61(77-78-61)62(63,64)65)58(86)71-28-9-31-90-33-35-91-34-32-89-30-8-27-68-52(81)12-3-2-10-49-55-47(39-92-49)75-60(88)76-55/h4-5,11,13-22,24,36,46-47,49,55,72H,2-3,6-10,12,23,25-35,37-39H2,1H3,(H2,66,70)(H,68,81)(H,69,82)(H,71,86)(H,74,85)(H,83,84)(H2,75,76,88)/t46-,47-,49-,55-/m0/s1. The maximum Gasteiger partial charge on any atom is 0.442 e. The molecule has 0 radical (unpaired) electrons. The van der Waals surface area contributed by atoms with E-state index in [1.165, 1.54) is 11.1 Å². The molecule has 8 rings (SSSR count). The number of alkyl halides is 3. The van der Waals surface area contributed by atoms with Crippen LogP contribution in [0, 0.1) is 0 Å². The number of carboxylic acids is 1. The number of unbranched alkanes of at least 4 members (excludes halogenated alkanes) is 2. The molecule has 92 heavy (non-hydrogen) atoms. The summed E-state index contributed by atoms with van der Waals surface area (Å²) < 4.78 is 59.5. The Morgan fingerprint density at radius 2 is 1.48 bits per heavy atom. The van der Waals surface area contributed by atoms with Crippen LogP contribution in [0.15, 0.2) is 106 Å². The average Bonchev–Trinajstić information content (AvgIpc) is 1.60. The highest BCUT2D eigenvalue weighted by Gasteiger charge is 2.65. The van der Waals surface area contributed by atoms with Crippen molar-refractivity contribution in [3.05, 3.63) is 119 Å². The number of anilines is 2. The number of carboxylic acid groups (broad SMARTS) is 1. The lowest BCUT2D eigenvalue weighted by molar-refractivity contribution is -0.166. The molecule has 494 valence electrons. The molecule has 0 bridgehead atoms. The van der Waals surface area contributed by atoms with E-state index >= 15 is 0 Å². The Morgan fingerprint density at radius 3 is 2.16 bits per heavy atom. The number of amides is 7. The predicted molar refractivity (Wildman–Crippen MR) is 337 cm³/mol. The number of carbonyl (C=O) groups excluding carboxylic acids is 6. The summed E-state index contributed by atoms with van der Waals surface area (Å²) in [6.45, 7) is 3.56. The van der Waals surface area contributed by atoms with Gasteiger partial charge in [0.25, 0.3) is 11.8 Å². The van der Waals surface area contributed by atoms with Gasteiger partial charge < -0.3 is 66.8 Å². The van der Waals surface area contributed by atoms with Crippen molar-refractivity contribution in [2.45, 2.75) is 106 Å². The molecule has 3 aliphatic heterocycles. The Morgan fingerprint density at radius 1 is 0.804 bits per heavy atom. The Bertz CT molecular complexity index is 3370. The molecule has 0 saturated carbocycles. The highest BCUT2D eigenvalue weighted by atomic mass is 32.2. The van der Waals surface area contributed by atoms with Gasteiger partial charge in [0.1, 0.15) is 23.5 Å². The van der Waals surface area contributed by atoms with Crippen LogP contribution < -0.4 is 47.9 Å². The van der Waals surface area contributed by atoms with Crippen molar-refractivity contribution in [3.8, 4) is 0 Å². The molecule has 0 spiro atoms. The molecule has 2 fully saturated rings. The Labute approximate surface area is 533 Å². The molecule has 10 N–H and O–H groups in total. The van der Waals surface area contributed by atoms with Gasteiger partial charge in [0.15, 0.2) is 0 Å². The summed E-state index contributed by atoms with van der Waals surface area (Å²) in [5.41, 5.74) is 6.52. The van der Waals surface area contributed by atoms with Gasteiger partial charge in [0.2, 0.25) is 17.7 Å². The zero-order chi connectivity index (χ0) is 65.5. The van der Waals surface area contributed by atoms with E-state index in [0.717, 1.165) is 60.5 Å². The Hall–Kier alpha value is -8.74. The molecule has 0 unspecified atom stereocenters. The number of imidazole rings is 1. The van der Waals surface area contributed by atoms with Crippen LogP contribution in [-0.2, 0) is 52.6 Å². The van der Waals surface area contributed by atoms with Crippen LogP contribution in [0.3, 0.4) is 0 Å². The highest BCUT2D eigenvalue weighted by molar-refractivity contribution is 8.00. The third-order valence-electron chi connectivity index (χ3n) is 15.4. The number of aromatic nitrogens is 3. The van der Waals surface area contributed by atoms with E-state index in [4.69, 9.17) is 24.9 Å². The largest absolute Gasteiger partial charge is 0.481 e. The summed E-state index contributed by atoms with van der Waals surface area (Å²) in [6.07, 6.45) is 1.33. The predicted octanol–water partition coefficient (Wildman–Crippen LogP) is 5.46. The number of aliphatic imine (C=N–C) groups is 1. The number of nitrogens with two attached hydrogens (primary N) is 1. The van der Waals surface area contributed by atoms with Crippen LogP contribution in [0.4, 0.5) is 29.5 Å². The first kappa shape index (κ1) is 69.2. The van der Waals surface area contributed by atoms with Crippen LogP contribution >= 0.6 is 11.8 Å². The number of thioether (sulfide) groups is 1. The first-order valence-electron chi connectivity index (χ1n) is 30.6. The van der Waals surface area contributed by atoms with E-state index in [0.29, 0.717) is 118 Å². The van der Waals surface area contributed by atoms with Gasteiger partial charge in [0, 0.05) is 105 Å². The summed E-state index contributed by atoms with van der Waals surface area (Å²) in [6, 6.07) is 21.0. The van der Waals surface area contributed by atoms with Crippen molar-refractivity contribution in [1.29, 1.82) is 0 Å². The number of nitrogens with zero attached hydrogens (tertiary/aromatic N) is 7. The first-order valence-corrected chi connectivity index (χ1v) is 31.6. The smallest absolute Gasteiger partial charge is 0.442 e. The number of aryl methyl sites for hydroxylation is 1. The number of nitrogens with one attached hydrogen (secondary N) is 7. The molecule has 2 aromatic heterocycles. The number of hydrogen-bond donors (Lipinski definition) is 9. The minimum atomic E-state index is -4.76. The lowest BCUT2D eigenvalue weighted by Gasteiger charge is -2.21. The molecule has 5 heterocycles.